The minimum atomic E-state index is -0.378. The van der Waals surface area contributed by atoms with E-state index in [9.17, 15) is 5.11 Å². The SMILES string of the molecule is CCCC(N)C(O)CC(C)c1ccc(CC)s1. The summed E-state index contributed by atoms with van der Waals surface area (Å²) in [6.45, 7) is 6.45. The van der Waals surface area contributed by atoms with Gasteiger partial charge in [-0.15, -0.1) is 11.3 Å². The van der Waals surface area contributed by atoms with Gasteiger partial charge in [0.25, 0.3) is 0 Å². The number of aliphatic hydroxyl groups excluding tert-OH is 1. The van der Waals surface area contributed by atoms with Crippen LogP contribution in [0.3, 0.4) is 0 Å². The molecule has 1 aromatic rings. The summed E-state index contributed by atoms with van der Waals surface area (Å²) in [5.41, 5.74) is 5.94. The summed E-state index contributed by atoms with van der Waals surface area (Å²) in [4.78, 5) is 2.78. The topological polar surface area (TPSA) is 46.2 Å². The normalized spacial score (nSPS) is 16.8. The molecule has 3 atom stereocenters. The maximum Gasteiger partial charge on any atom is 0.0697 e. The van der Waals surface area contributed by atoms with E-state index in [4.69, 9.17) is 5.73 Å². The van der Waals surface area contributed by atoms with Crippen molar-refractivity contribution in [1.29, 1.82) is 0 Å². The van der Waals surface area contributed by atoms with Crippen molar-refractivity contribution >= 4 is 11.3 Å². The zero-order valence-electron chi connectivity index (χ0n) is 11.1. The lowest BCUT2D eigenvalue weighted by atomic mass is 9.95. The molecule has 0 saturated carbocycles. The largest absolute Gasteiger partial charge is 0.391 e. The molecular formula is C14H25NOS. The average molecular weight is 255 g/mol. The number of aryl methyl sites for hydroxylation is 1. The lowest BCUT2D eigenvalue weighted by Gasteiger charge is -2.21. The van der Waals surface area contributed by atoms with Crippen LogP contribution in [0.2, 0.25) is 0 Å². The lowest BCUT2D eigenvalue weighted by Crippen LogP contribution is -2.35. The fourth-order valence-electron chi connectivity index (χ4n) is 2.03. The Morgan fingerprint density at radius 3 is 2.59 bits per heavy atom. The van der Waals surface area contributed by atoms with Crippen LogP contribution in [0.4, 0.5) is 0 Å². The van der Waals surface area contributed by atoms with Crippen molar-refractivity contribution in [2.45, 2.75) is 64.5 Å². The van der Waals surface area contributed by atoms with Crippen LogP contribution in [-0.4, -0.2) is 17.3 Å². The highest BCUT2D eigenvalue weighted by Crippen LogP contribution is 2.29. The van der Waals surface area contributed by atoms with Crippen molar-refractivity contribution in [3.8, 4) is 0 Å². The fraction of sp³-hybridized carbons (Fsp3) is 0.714. The molecule has 3 heteroatoms. The fourth-order valence-corrected chi connectivity index (χ4v) is 3.04. The summed E-state index contributed by atoms with van der Waals surface area (Å²) in [5.74, 6) is 0.401. The lowest BCUT2D eigenvalue weighted by molar-refractivity contribution is 0.124. The number of hydrogen-bond acceptors (Lipinski definition) is 3. The number of rotatable bonds is 7. The van der Waals surface area contributed by atoms with Gasteiger partial charge < -0.3 is 10.8 Å². The van der Waals surface area contributed by atoms with Crippen LogP contribution in [0.25, 0.3) is 0 Å². The standard InChI is InChI=1S/C14H25NOS/c1-4-6-12(15)13(16)9-10(3)14-8-7-11(5-2)17-14/h7-8,10,12-13,16H,4-6,9,15H2,1-3H3. The molecule has 1 aromatic heterocycles. The van der Waals surface area contributed by atoms with E-state index in [1.807, 2.05) is 11.3 Å². The molecule has 0 amide bonds. The van der Waals surface area contributed by atoms with Crippen LogP contribution < -0.4 is 5.73 Å². The molecule has 98 valence electrons. The first-order chi connectivity index (χ1) is 8.08. The van der Waals surface area contributed by atoms with Gasteiger partial charge in [-0.1, -0.05) is 27.2 Å². The number of aliphatic hydroxyl groups is 1. The van der Waals surface area contributed by atoms with Crippen molar-refractivity contribution in [2.75, 3.05) is 0 Å². The van der Waals surface area contributed by atoms with Gasteiger partial charge in [0.05, 0.1) is 6.10 Å². The Labute approximate surface area is 109 Å². The van der Waals surface area contributed by atoms with Crippen molar-refractivity contribution in [1.82, 2.24) is 0 Å². The van der Waals surface area contributed by atoms with E-state index in [0.717, 1.165) is 25.7 Å². The molecule has 0 spiro atoms. The van der Waals surface area contributed by atoms with E-state index in [1.54, 1.807) is 0 Å². The molecule has 0 aliphatic rings. The van der Waals surface area contributed by atoms with Gasteiger partial charge in [0.2, 0.25) is 0 Å². The molecule has 3 unspecified atom stereocenters. The van der Waals surface area contributed by atoms with Crippen LogP contribution >= 0.6 is 11.3 Å². The van der Waals surface area contributed by atoms with E-state index in [1.165, 1.54) is 9.75 Å². The molecular weight excluding hydrogens is 230 g/mol. The molecule has 17 heavy (non-hydrogen) atoms. The van der Waals surface area contributed by atoms with E-state index in [2.05, 4.69) is 32.9 Å². The Kier molecular flexibility index (Phi) is 6.17. The Hall–Kier alpha value is -0.380. The van der Waals surface area contributed by atoms with Crippen LogP contribution in [0.1, 0.15) is 55.7 Å². The first kappa shape index (κ1) is 14.7. The maximum absolute atomic E-state index is 10.0. The summed E-state index contributed by atoms with van der Waals surface area (Å²) >= 11 is 1.86. The van der Waals surface area contributed by atoms with Crippen molar-refractivity contribution < 1.29 is 5.11 Å². The first-order valence-corrected chi connectivity index (χ1v) is 7.42. The highest BCUT2D eigenvalue weighted by atomic mass is 32.1. The Morgan fingerprint density at radius 1 is 1.35 bits per heavy atom. The molecule has 2 nitrogen and oxygen atoms in total. The van der Waals surface area contributed by atoms with Gasteiger partial charge in [0.1, 0.15) is 0 Å². The number of thiophene rings is 1. The zero-order valence-corrected chi connectivity index (χ0v) is 12.0. The predicted octanol–water partition coefficient (Wildman–Crippen LogP) is 3.29. The van der Waals surface area contributed by atoms with Gasteiger partial charge in [-0.2, -0.15) is 0 Å². The molecule has 0 radical (unpaired) electrons. The summed E-state index contributed by atoms with van der Waals surface area (Å²) < 4.78 is 0. The smallest absolute Gasteiger partial charge is 0.0697 e. The molecule has 0 bridgehead atoms. The zero-order chi connectivity index (χ0) is 12.8. The van der Waals surface area contributed by atoms with Crippen LogP contribution in [-0.2, 0) is 6.42 Å². The Bertz CT molecular complexity index is 324. The molecule has 3 N–H and O–H groups in total. The van der Waals surface area contributed by atoms with Crippen molar-refractivity contribution in [3.63, 3.8) is 0 Å². The first-order valence-electron chi connectivity index (χ1n) is 6.60. The van der Waals surface area contributed by atoms with E-state index < -0.39 is 0 Å². The van der Waals surface area contributed by atoms with E-state index in [0.29, 0.717) is 5.92 Å². The van der Waals surface area contributed by atoms with Gasteiger partial charge in [-0.05, 0) is 37.3 Å². The minimum Gasteiger partial charge on any atom is -0.391 e. The van der Waals surface area contributed by atoms with Crippen molar-refractivity contribution in [3.05, 3.63) is 21.9 Å². The van der Waals surface area contributed by atoms with Gasteiger partial charge in [0.15, 0.2) is 0 Å². The minimum absolute atomic E-state index is 0.0759. The number of hydrogen-bond donors (Lipinski definition) is 2. The summed E-state index contributed by atoms with van der Waals surface area (Å²) in [5, 5.41) is 10.0. The Morgan fingerprint density at radius 2 is 2.06 bits per heavy atom. The van der Waals surface area contributed by atoms with Gasteiger partial charge >= 0.3 is 0 Å². The molecule has 1 heterocycles. The van der Waals surface area contributed by atoms with Crippen LogP contribution in [0.5, 0.6) is 0 Å². The third-order valence-electron chi connectivity index (χ3n) is 3.23. The molecule has 0 fully saturated rings. The molecule has 0 aliphatic heterocycles. The molecule has 0 saturated heterocycles. The summed E-state index contributed by atoms with van der Waals surface area (Å²) in [6, 6.07) is 4.30. The Balaban J connectivity index is 2.50. The molecule has 1 rings (SSSR count). The highest BCUT2D eigenvalue weighted by Gasteiger charge is 2.18. The van der Waals surface area contributed by atoms with Crippen LogP contribution in [0, 0.1) is 0 Å². The maximum atomic E-state index is 10.0. The van der Waals surface area contributed by atoms with E-state index in [-0.39, 0.29) is 12.1 Å². The predicted molar refractivity (Wildman–Crippen MR) is 75.6 cm³/mol. The highest BCUT2D eigenvalue weighted by molar-refractivity contribution is 7.12. The third-order valence-corrected chi connectivity index (χ3v) is 4.69. The summed E-state index contributed by atoms with van der Waals surface area (Å²) in [6.07, 6.45) is 3.42. The quantitative estimate of drug-likeness (QED) is 0.785. The van der Waals surface area contributed by atoms with E-state index >= 15 is 0 Å². The second-order valence-electron chi connectivity index (χ2n) is 4.81. The van der Waals surface area contributed by atoms with Gasteiger partial charge in [-0.25, -0.2) is 0 Å². The third kappa shape index (κ3) is 4.41. The van der Waals surface area contributed by atoms with Gasteiger partial charge in [-0.3, -0.25) is 0 Å². The monoisotopic (exact) mass is 255 g/mol. The number of nitrogens with two attached hydrogens (primary N) is 1. The molecule has 0 aliphatic carbocycles. The second-order valence-corrected chi connectivity index (χ2v) is 6.01. The summed E-state index contributed by atoms with van der Waals surface area (Å²) in [7, 11) is 0. The van der Waals surface area contributed by atoms with Crippen molar-refractivity contribution in [2.24, 2.45) is 5.73 Å². The molecule has 0 aromatic carbocycles. The van der Waals surface area contributed by atoms with Crippen LogP contribution in [0.15, 0.2) is 12.1 Å². The average Bonchev–Trinajstić information content (AvgIpc) is 2.77. The second kappa shape index (κ2) is 7.14. The van der Waals surface area contributed by atoms with Gasteiger partial charge in [0, 0.05) is 15.8 Å².